The molecule has 0 atom stereocenters. The first-order valence-electron chi connectivity index (χ1n) is 3.15. The van der Waals surface area contributed by atoms with Crippen molar-refractivity contribution in [2.24, 2.45) is 0 Å². The molecule has 0 radical (unpaired) electrons. The van der Waals surface area contributed by atoms with Crippen molar-refractivity contribution in [3.63, 3.8) is 0 Å². The van der Waals surface area contributed by atoms with Crippen molar-refractivity contribution in [2.75, 3.05) is 0 Å². The molecular formula is C8H7ClO2. The van der Waals surface area contributed by atoms with Gasteiger partial charge in [0.25, 0.3) is 0 Å². The molecule has 0 aliphatic rings. The second-order valence-electron chi connectivity index (χ2n) is 2.01. The molecule has 0 aliphatic carbocycles. The summed E-state index contributed by atoms with van der Waals surface area (Å²) in [5, 5.41) is 0. The SMILES string of the molecule is O=[13C](Cl)OCc1ccccc1. The minimum Gasteiger partial charge on any atom is -0.449 e. The highest BCUT2D eigenvalue weighted by Crippen LogP contribution is 2.01. The Morgan fingerprint density at radius 3 is 2.55 bits per heavy atom. The number of ether oxygens (including phenoxy) is 1. The smallest absolute Gasteiger partial charge is 0.404 e. The first kappa shape index (κ1) is 8.08. The maximum atomic E-state index is 10.2. The predicted molar refractivity (Wildman–Crippen MR) is 42.5 cm³/mol. The van der Waals surface area contributed by atoms with Crippen LogP contribution in [0.25, 0.3) is 0 Å². The standard InChI is InChI=1S/C8H7ClO2/c9-8(10)11-6-7-4-2-1-3-5-7/h1-5H,6H2/i8+1. The van der Waals surface area contributed by atoms with Crippen LogP contribution in [0.2, 0.25) is 0 Å². The van der Waals surface area contributed by atoms with Gasteiger partial charge in [0, 0.05) is 11.6 Å². The highest BCUT2D eigenvalue weighted by Gasteiger charge is 1.95. The number of hydrogen-bond acceptors (Lipinski definition) is 2. The first-order valence-corrected chi connectivity index (χ1v) is 3.53. The van der Waals surface area contributed by atoms with E-state index < -0.39 is 5.43 Å². The molecule has 1 aromatic carbocycles. The zero-order valence-electron chi connectivity index (χ0n) is 5.79. The molecule has 1 aromatic rings. The number of hydrogen-bond donors (Lipinski definition) is 0. The van der Waals surface area contributed by atoms with Crippen LogP contribution in [0.1, 0.15) is 5.56 Å². The second kappa shape index (κ2) is 3.98. The van der Waals surface area contributed by atoms with Crippen molar-refractivity contribution in [3.05, 3.63) is 35.9 Å². The molecule has 0 amide bonds. The monoisotopic (exact) mass is 171 g/mol. The van der Waals surface area contributed by atoms with E-state index in [1.165, 1.54) is 0 Å². The fourth-order valence-electron chi connectivity index (χ4n) is 0.714. The Hall–Kier alpha value is -1.02. The van der Waals surface area contributed by atoms with Crippen LogP contribution in [0.4, 0.5) is 4.79 Å². The largest absolute Gasteiger partial charge is 0.449 e. The van der Waals surface area contributed by atoms with Gasteiger partial charge in [0.15, 0.2) is 0 Å². The lowest BCUT2D eigenvalue weighted by atomic mass is 10.2. The van der Waals surface area contributed by atoms with Crippen molar-refractivity contribution in [1.82, 2.24) is 0 Å². The van der Waals surface area contributed by atoms with Crippen molar-refractivity contribution in [3.8, 4) is 0 Å². The van der Waals surface area contributed by atoms with Crippen LogP contribution in [-0.2, 0) is 11.3 Å². The van der Waals surface area contributed by atoms with Crippen LogP contribution in [0.3, 0.4) is 0 Å². The Balaban J connectivity index is 2.45. The fraction of sp³-hybridized carbons (Fsp3) is 0.125. The maximum absolute atomic E-state index is 10.2. The van der Waals surface area contributed by atoms with Gasteiger partial charge in [0.05, 0.1) is 0 Å². The van der Waals surface area contributed by atoms with Crippen LogP contribution in [0, 0.1) is 0 Å². The van der Waals surface area contributed by atoms with Crippen molar-refractivity contribution in [2.45, 2.75) is 6.61 Å². The number of benzene rings is 1. The molecule has 0 unspecified atom stereocenters. The van der Waals surface area contributed by atoms with Gasteiger partial charge in [-0.2, -0.15) is 0 Å². The van der Waals surface area contributed by atoms with Crippen LogP contribution in [0.15, 0.2) is 30.3 Å². The van der Waals surface area contributed by atoms with E-state index in [2.05, 4.69) is 4.74 Å². The summed E-state index contributed by atoms with van der Waals surface area (Å²) in [6.45, 7) is 0.239. The molecule has 11 heavy (non-hydrogen) atoms. The Kier molecular flexibility index (Phi) is 2.93. The van der Waals surface area contributed by atoms with E-state index in [0.717, 1.165) is 5.56 Å². The lowest BCUT2D eigenvalue weighted by molar-refractivity contribution is 0.167. The molecule has 0 saturated heterocycles. The molecule has 0 heterocycles. The third-order valence-corrected chi connectivity index (χ3v) is 1.30. The van der Waals surface area contributed by atoms with Crippen LogP contribution in [0.5, 0.6) is 0 Å². The molecule has 0 aromatic heterocycles. The summed E-state index contributed by atoms with van der Waals surface area (Å²) in [6.07, 6.45) is 0. The van der Waals surface area contributed by atoms with E-state index in [1.807, 2.05) is 30.3 Å². The van der Waals surface area contributed by atoms with E-state index in [9.17, 15) is 4.79 Å². The Bertz CT molecular complexity index is 233. The number of rotatable bonds is 2. The predicted octanol–water partition coefficient (Wildman–Crippen LogP) is 2.56. The van der Waals surface area contributed by atoms with Crippen molar-refractivity contribution >= 4 is 17.0 Å². The van der Waals surface area contributed by atoms with Gasteiger partial charge in [0.2, 0.25) is 0 Å². The number of carbonyl (C=O) groups excluding carboxylic acids is 1. The molecule has 0 N–H and O–H groups in total. The van der Waals surface area contributed by atoms with Crippen molar-refractivity contribution < 1.29 is 9.53 Å². The Morgan fingerprint density at radius 1 is 1.36 bits per heavy atom. The average Bonchev–Trinajstić information content (AvgIpc) is 2.03. The molecule has 2 nitrogen and oxygen atoms in total. The van der Waals surface area contributed by atoms with E-state index in [-0.39, 0.29) is 6.61 Å². The third-order valence-electron chi connectivity index (χ3n) is 1.20. The molecule has 0 bridgehead atoms. The molecule has 3 heteroatoms. The second-order valence-corrected chi connectivity index (χ2v) is 2.32. The maximum Gasteiger partial charge on any atom is 0.404 e. The quantitative estimate of drug-likeness (QED) is 0.505. The Morgan fingerprint density at radius 2 is 2.00 bits per heavy atom. The molecule has 0 saturated carbocycles. The zero-order chi connectivity index (χ0) is 8.10. The van der Waals surface area contributed by atoms with E-state index >= 15 is 0 Å². The molecule has 0 fully saturated rings. The normalized spacial score (nSPS) is 9.18. The zero-order valence-corrected chi connectivity index (χ0v) is 6.54. The molecule has 0 spiro atoms. The summed E-state index contributed by atoms with van der Waals surface area (Å²) in [7, 11) is 0. The van der Waals surface area contributed by atoms with Crippen molar-refractivity contribution in [1.29, 1.82) is 0 Å². The number of halogens is 1. The summed E-state index contributed by atoms with van der Waals surface area (Å²) in [6, 6.07) is 9.36. The first-order chi connectivity index (χ1) is 5.29. The molecule has 58 valence electrons. The van der Waals surface area contributed by atoms with Crippen LogP contribution < -0.4 is 0 Å². The molecule has 1 rings (SSSR count). The summed E-state index contributed by atoms with van der Waals surface area (Å²) in [4.78, 5) is 10.2. The minimum atomic E-state index is -0.770. The third kappa shape index (κ3) is 3.05. The molecule has 0 aliphatic heterocycles. The number of carbonyl (C=O) groups is 1. The summed E-state index contributed by atoms with van der Waals surface area (Å²) < 4.78 is 4.55. The van der Waals surface area contributed by atoms with Gasteiger partial charge >= 0.3 is 5.43 Å². The summed E-state index contributed by atoms with van der Waals surface area (Å²) >= 11 is 4.97. The van der Waals surface area contributed by atoms with Crippen LogP contribution >= 0.6 is 11.6 Å². The van der Waals surface area contributed by atoms with Gasteiger partial charge in [-0.1, -0.05) is 30.3 Å². The van der Waals surface area contributed by atoms with Crippen LogP contribution in [-0.4, -0.2) is 5.43 Å². The highest BCUT2D eigenvalue weighted by molar-refractivity contribution is 6.61. The summed E-state index contributed by atoms with van der Waals surface area (Å²) in [5.41, 5.74) is 0.162. The van der Waals surface area contributed by atoms with Gasteiger partial charge in [-0.05, 0) is 5.56 Å². The van der Waals surface area contributed by atoms with E-state index in [0.29, 0.717) is 0 Å². The average molecular weight is 172 g/mol. The van der Waals surface area contributed by atoms with Gasteiger partial charge in [-0.15, -0.1) is 0 Å². The highest BCUT2D eigenvalue weighted by atomic mass is 35.5. The molecular weight excluding hydrogens is 165 g/mol. The Labute approximate surface area is 69.7 Å². The topological polar surface area (TPSA) is 26.3 Å². The van der Waals surface area contributed by atoms with E-state index in [4.69, 9.17) is 11.6 Å². The van der Waals surface area contributed by atoms with Gasteiger partial charge in [-0.25, -0.2) is 4.79 Å². The fourth-order valence-corrected chi connectivity index (χ4v) is 0.769. The lowest BCUT2D eigenvalue weighted by Gasteiger charge is -1.98. The van der Waals surface area contributed by atoms with Gasteiger partial charge in [-0.3, -0.25) is 0 Å². The summed E-state index contributed by atoms with van der Waals surface area (Å²) in [5.74, 6) is 0. The lowest BCUT2D eigenvalue weighted by Crippen LogP contribution is -1.93. The van der Waals surface area contributed by atoms with Gasteiger partial charge < -0.3 is 4.74 Å². The minimum absolute atomic E-state index is 0.239. The van der Waals surface area contributed by atoms with Gasteiger partial charge in [0.1, 0.15) is 6.61 Å². The van der Waals surface area contributed by atoms with E-state index in [1.54, 1.807) is 0 Å².